The number of fused-ring (bicyclic) bond motifs is 3. The molecule has 2 unspecified atom stereocenters. The summed E-state index contributed by atoms with van der Waals surface area (Å²) in [6.45, 7) is 2.59. The van der Waals surface area contributed by atoms with Crippen LogP contribution in [0.4, 0.5) is 0 Å². The van der Waals surface area contributed by atoms with Crippen molar-refractivity contribution in [2.45, 2.75) is 12.6 Å². The molecule has 0 bridgehead atoms. The molecular weight excluding hydrogens is 154 g/mol. The molecule has 2 atom stereocenters. The maximum atomic E-state index is 5.44. The third-order valence-electron chi connectivity index (χ3n) is 2.46. The summed E-state index contributed by atoms with van der Waals surface area (Å²) in [6.07, 6.45) is 0. The van der Waals surface area contributed by atoms with Gasteiger partial charge in [-0.2, -0.15) is 0 Å². The van der Waals surface area contributed by atoms with Gasteiger partial charge in [0.2, 0.25) is 0 Å². The van der Waals surface area contributed by atoms with Crippen molar-refractivity contribution in [2.75, 3.05) is 6.73 Å². The Morgan fingerprint density at radius 1 is 1.42 bits per heavy atom. The molecule has 2 aliphatic rings. The highest BCUT2D eigenvalue weighted by atomic mass is 16.9. The number of benzene rings is 1. The molecule has 12 heavy (non-hydrogen) atoms. The molecule has 0 aromatic heterocycles. The average molecular weight is 163 g/mol. The second-order valence-corrected chi connectivity index (χ2v) is 3.22. The minimum atomic E-state index is -0.213. The molecule has 1 aromatic rings. The fraction of sp³-hybridized carbons (Fsp3) is 0.333. The molecule has 3 nitrogen and oxygen atoms in total. The van der Waals surface area contributed by atoms with E-state index >= 15 is 0 Å². The van der Waals surface area contributed by atoms with E-state index in [-0.39, 0.29) is 5.72 Å². The first-order valence-corrected chi connectivity index (χ1v) is 4.00. The van der Waals surface area contributed by atoms with Gasteiger partial charge in [-0.25, -0.2) is 0 Å². The van der Waals surface area contributed by atoms with Crippen molar-refractivity contribution in [1.82, 2.24) is 5.06 Å². The number of hydrogen-bond donors (Lipinski definition) is 0. The van der Waals surface area contributed by atoms with Crippen LogP contribution < -0.4 is 4.74 Å². The lowest BCUT2D eigenvalue weighted by atomic mass is 10.1. The Labute approximate surface area is 70.5 Å². The number of hydroxylamine groups is 2. The van der Waals surface area contributed by atoms with Crippen LogP contribution in [0, 0.1) is 0 Å². The summed E-state index contributed by atoms with van der Waals surface area (Å²) in [5.41, 5.74) is 0.908. The van der Waals surface area contributed by atoms with Gasteiger partial charge in [0.15, 0.2) is 12.5 Å². The molecule has 0 spiro atoms. The minimum absolute atomic E-state index is 0.213. The molecule has 0 N–H and O–H groups in total. The summed E-state index contributed by atoms with van der Waals surface area (Å²) in [5.74, 6) is 0.939. The van der Waals surface area contributed by atoms with Crippen LogP contribution in [0.2, 0.25) is 0 Å². The van der Waals surface area contributed by atoms with E-state index in [0.717, 1.165) is 11.3 Å². The molecule has 62 valence electrons. The van der Waals surface area contributed by atoms with E-state index in [1.54, 1.807) is 0 Å². The monoisotopic (exact) mass is 163 g/mol. The summed E-state index contributed by atoms with van der Waals surface area (Å²) < 4.78 is 5.44. The summed E-state index contributed by atoms with van der Waals surface area (Å²) >= 11 is 0. The van der Waals surface area contributed by atoms with Crippen LogP contribution in [0.15, 0.2) is 24.3 Å². The quantitative estimate of drug-likeness (QED) is 0.541. The molecule has 0 amide bonds. The van der Waals surface area contributed by atoms with Gasteiger partial charge in [0, 0.05) is 5.56 Å². The van der Waals surface area contributed by atoms with Gasteiger partial charge in [0.25, 0.3) is 0 Å². The fourth-order valence-corrected chi connectivity index (χ4v) is 1.63. The second kappa shape index (κ2) is 1.81. The Bertz CT molecular complexity index is 337. The Hall–Kier alpha value is -1.06. The van der Waals surface area contributed by atoms with Crippen molar-refractivity contribution in [3.8, 4) is 5.75 Å². The Kier molecular flexibility index (Phi) is 0.975. The topological polar surface area (TPSA) is 24.8 Å². The maximum absolute atomic E-state index is 5.44. The molecule has 1 aromatic carbocycles. The summed E-state index contributed by atoms with van der Waals surface area (Å²) in [7, 11) is 0. The van der Waals surface area contributed by atoms with Crippen LogP contribution in [0.1, 0.15) is 12.5 Å². The number of hydrogen-bond acceptors (Lipinski definition) is 3. The van der Waals surface area contributed by atoms with Gasteiger partial charge >= 0.3 is 0 Å². The number of rotatable bonds is 0. The normalized spacial score (nSPS) is 36.2. The first-order valence-electron chi connectivity index (χ1n) is 4.00. The van der Waals surface area contributed by atoms with E-state index in [1.807, 2.05) is 36.3 Å². The second-order valence-electron chi connectivity index (χ2n) is 3.22. The standard InChI is InChI=1S/C9H9NO2/c1-9-7-4-2-3-5-8(7)11-6-10(9)12-9/h2-5H,6H2,1H3. The molecule has 1 saturated heterocycles. The van der Waals surface area contributed by atoms with Gasteiger partial charge in [-0.1, -0.05) is 18.2 Å². The van der Waals surface area contributed by atoms with E-state index in [4.69, 9.17) is 9.57 Å². The first kappa shape index (κ1) is 6.46. The van der Waals surface area contributed by atoms with Crippen molar-refractivity contribution in [3.63, 3.8) is 0 Å². The van der Waals surface area contributed by atoms with Crippen LogP contribution in [0.25, 0.3) is 0 Å². The highest BCUT2D eigenvalue weighted by Gasteiger charge is 2.56. The van der Waals surface area contributed by atoms with Crippen LogP contribution >= 0.6 is 0 Å². The molecule has 2 heterocycles. The van der Waals surface area contributed by atoms with Crippen LogP contribution in [-0.2, 0) is 10.6 Å². The predicted molar refractivity (Wildman–Crippen MR) is 42.2 cm³/mol. The lowest BCUT2D eigenvalue weighted by Gasteiger charge is -2.18. The number of para-hydroxylation sites is 1. The first-order chi connectivity index (χ1) is 5.81. The molecule has 0 radical (unpaired) electrons. The maximum Gasteiger partial charge on any atom is 0.194 e. The van der Waals surface area contributed by atoms with Gasteiger partial charge in [0.05, 0.1) is 0 Å². The van der Waals surface area contributed by atoms with E-state index < -0.39 is 0 Å². The van der Waals surface area contributed by atoms with Crippen molar-refractivity contribution in [2.24, 2.45) is 0 Å². The zero-order valence-electron chi connectivity index (χ0n) is 6.78. The van der Waals surface area contributed by atoms with Gasteiger partial charge in [-0.05, 0) is 13.0 Å². The third kappa shape index (κ3) is 0.629. The molecule has 2 aliphatic heterocycles. The van der Waals surface area contributed by atoms with Crippen molar-refractivity contribution in [1.29, 1.82) is 0 Å². The molecule has 0 aliphatic carbocycles. The number of nitrogens with zero attached hydrogens (tertiary/aromatic N) is 1. The van der Waals surface area contributed by atoms with Crippen molar-refractivity contribution >= 4 is 0 Å². The molecular formula is C9H9NO2. The van der Waals surface area contributed by atoms with E-state index in [2.05, 4.69) is 0 Å². The van der Waals surface area contributed by atoms with Crippen molar-refractivity contribution < 1.29 is 9.57 Å². The minimum Gasteiger partial charge on any atom is -0.475 e. The Morgan fingerprint density at radius 2 is 2.25 bits per heavy atom. The Balaban J connectivity index is 2.19. The van der Waals surface area contributed by atoms with Gasteiger partial charge in [-0.3, -0.25) is 4.84 Å². The van der Waals surface area contributed by atoms with E-state index in [0.29, 0.717) is 6.73 Å². The van der Waals surface area contributed by atoms with Gasteiger partial charge < -0.3 is 4.74 Å². The summed E-state index contributed by atoms with van der Waals surface area (Å²) in [5, 5.41) is 1.83. The third-order valence-corrected chi connectivity index (χ3v) is 2.46. The zero-order valence-corrected chi connectivity index (χ0v) is 6.78. The molecule has 3 heteroatoms. The summed E-state index contributed by atoms with van der Waals surface area (Å²) in [4.78, 5) is 5.40. The fourth-order valence-electron chi connectivity index (χ4n) is 1.63. The smallest absolute Gasteiger partial charge is 0.194 e. The average Bonchev–Trinajstić information content (AvgIpc) is 2.78. The molecule has 1 fully saturated rings. The van der Waals surface area contributed by atoms with Gasteiger partial charge in [-0.15, -0.1) is 5.06 Å². The molecule has 0 saturated carbocycles. The van der Waals surface area contributed by atoms with Gasteiger partial charge in [0.1, 0.15) is 5.75 Å². The summed E-state index contributed by atoms with van der Waals surface area (Å²) in [6, 6.07) is 7.98. The lowest BCUT2D eigenvalue weighted by Crippen LogP contribution is -2.23. The zero-order chi connectivity index (χ0) is 8.18. The lowest BCUT2D eigenvalue weighted by molar-refractivity contribution is 0.0978. The largest absolute Gasteiger partial charge is 0.475 e. The van der Waals surface area contributed by atoms with E-state index in [9.17, 15) is 0 Å². The van der Waals surface area contributed by atoms with Crippen molar-refractivity contribution in [3.05, 3.63) is 29.8 Å². The van der Waals surface area contributed by atoms with Crippen LogP contribution in [0.3, 0.4) is 0 Å². The van der Waals surface area contributed by atoms with E-state index in [1.165, 1.54) is 0 Å². The highest BCUT2D eigenvalue weighted by Crippen LogP contribution is 2.50. The number of ether oxygens (including phenoxy) is 1. The molecule has 3 rings (SSSR count). The predicted octanol–water partition coefficient (Wildman–Crippen LogP) is 1.46. The van der Waals surface area contributed by atoms with Crippen LogP contribution in [0.5, 0.6) is 5.75 Å². The highest BCUT2D eigenvalue weighted by molar-refractivity contribution is 5.40. The van der Waals surface area contributed by atoms with Crippen LogP contribution in [-0.4, -0.2) is 11.8 Å². The Morgan fingerprint density at radius 3 is 3.17 bits per heavy atom. The SMILES string of the molecule is CC12ON1COc1ccccc12.